The lowest BCUT2D eigenvalue weighted by atomic mass is 10.2. The fraction of sp³-hybridized carbons (Fsp3) is 0.300. The van der Waals surface area contributed by atoms with E-state index in [2.05, 4.69) is 10.3 Å². The van der Waals surface area contributed by atoms with Crippen LogP contribution in [0.25, 0.3) is 11.2 Å². The van der Waals surface area contributed by atoms with E-state index >= 15 is 0 Å². The van der Waals surface area contributed by atoms with Crippen molar-refractivity contribution in [1.29, 1.82) is 0 Å². The molecule has 1 amide bonds. The number of fused-ring (bicyclic) bond motifs is 1. The van der Waals surface area contributed by atoms with E-state index < -0.39 is 17.0 Å². The minimum atomic E-state index is -0.763. The van der Waals surface area contributed by atoms with Crippen molar-refractivity contribution in [3.8, 4) is 11.5 Å². The second-order valence-electron chi connectivity index (χ2n) is 6.24. The molecule has 2 heterocycles. The topological polar surface area (TPSA) is 104 Å². The van der Waals surface area contributed by atoms with Crippen molar-refractivity contribution >= 4 is 17.1 Å². The van der Waals surface area contributed by atoms with Gasteiger partial charge in [-0.25, -0.2) is 4.98 Å². The van der Waals surface area contributed by atoms with E-state index in [4.69, 9.17) is 9.47 Å². The van der Waals surface area contributed by atoms with E-state index in [1.165, 1.54) is 17.9 Å². The number of benzene rings is 1. The minimum Gasteiger partial charge on any atom is -0.497 e. The molecule has 2 aromatic heterocycles. The summed E-state index contributed by atoms with van der Waals surface area (Å²) in [6.07, 6.45) is 1.54. The summed E-state index contributed by atoms with van der Waals surface area (Å²) in [5.41, 5.74) is 0.0397. The summed E-state index contributed by atoms with van der Waals surface area (Å²) in [5, 5.41) is 2.75. The van der Waals surface area contributed by atoms with Crippen LogP contribution in [0, 0.1) is 0 Å². The van der Waals surface area contributed by atoms with Crippen molar-refractivity contribution in [3.05, 3.63) is 62.8 Å². The third-order valence-corrected chi connectivity index (χ3v) is 4.57. The van der Waals surface area contributed by atoms with Crippen molar-refractivity contribution in [2.24, 2.45) is 0 Å². The Bertz CT molecular complexity index is 1170. The molecule has 0 fully saturated rings. The molecule has 9 nitrogen and oxygen atoms in total. The molecule has 0 aliphatic rings. The first-order valence-electron chi connectivity index (χ1n) is 9.06. The molecule has 0 radical (unpaired) electrons. The summed E-state index contributed by atoms with van der Waals surface area (Å²) in [7, 11) is 3.09. The monoisotopic (exact) mass is 398 g/mol. The van der Waals surface area contributed by atoms with Gasteiger partial charge in [0.05, 0.1) is 19.7 Å². The van der Waals surface area contributed by atoms with Gasteiger partial charge in [0.1, 0.15) is 18.0 Å². The highest BCUT2D eigenvalue weighted by atomic mass is 16.5. The number of hydrogen-bond donors (Lipinski definition) is 1. The quantitative estimate of drug-likeness (QED) is 0.594. The van der Waals surface area contributed by atoms with E-state index in [1.807, 2.05) is 0 Å². The molecule has 1 aromatic carbocycles. The number of pyridine rings is 1. The minimum absolute atomic E-state index is 0.177. The number of nitrogens with one attached hydrogen (secondary N) is 1. The molecule has 0 unspecified atom stereocenters. The fourth-order valence-corrected chi connectivity index (χ4v) is 3.11. The van der Waals surface area contributed by atoms with Crippen molar-refractivity contribution < 1.29 is 14.3 Å². The Hall–Kier alpha value is -3.62. The fourth-order valence-electron chi connectivity index (χ4n) is 3.11. The van der Waals surface area contributed by atoms with Gasteiger partial charge in [0.15, 0.2) is 5.65 Å². The zero-order valence-electron chi connectivity index (χ0n) is 16.5. The summed E-state index contributed by atoms with van der Waals surface area (Å²) >= 11 is 0. The van der Waals surface area contributed by atoms with Gasteiger partial charge < -0.3 is 14.8 Å². The normalized spacial score (nSPS) is 10.7. The number of amides is 1. The predicted octanol–water partition coefficient (Wildman–Crippen LogP) is 0.912. The average Bonchev–Trinajstić information content (AvgIpc) is 2.75. The van der Waals surface area contributed by atoms with Gasteiger partial charge in [0, 0.05) is 24.8 Å². The van der Waals surface area contributed by atoms with Crippen LogP contribution in [0.4, 0.5) is 0 Å². The molecule has 0 saturated carbocycles. The van der Waals surface area contributed by atoms with Crippen molar-refractivity contribution in [1.82, 2.24) is 19.4 Å². The molecule has 3 rings (SSSR count). The Morgan fingerprint density at radius 1 is 1.10 bits per heavy atom. The predicted molar refractivity (Wildman–Crippen MR) is 107 cm³/mol. The van der Waals surface area contributed by atoms with Crippen LogP contribution in [0.15, 0.2) is 46.1 Å². The zero-order chi connectivity index (χ0) is 21.0. The Morgan fingerprint density at radius 2 is 1.86 bits per heavy atom. The summed E-state index contributed by atoms with van der Waals surface area (Å²) in [6.45, 7) is 1.95. The number of aromatic nitrogens is 3. The first-order chi connectivity index (χ1) is 14.0. The number of carbonyl (C=O) groups is 1. The number of nitrogens with zero attached hydrogens (tertiary/aromatic N) is 3. The number of carbonyl (C=O) groups excluding carboxylic acids is 1. The molecule has 0 aliphatic heterocycles. The zero-order valence-corrected chi connectivity index (χ0v) is 16.5. The molecule has 29 heavy (non-hydrogen) atoms. The number of aryl methyl sites for hydroxylation is 1. The summed E-state index contributed by atoms with van der Waals surface area (Å²) in [6, 6.07) is 8.57. The molecule has 0 saturated heterocycles. The van der Waals surface area contributed by atoms with Crippen LogP contribution in [-0.4, -0.2) is 34.2 Å². The number of ether oxygens (including phenoxy) is 2. The molecule has 0 atom stereocenters. The number of hydrogen-bond acceptors (Lipinski definition) is 6. The maximum atomic E-state index is 12.5. The molecule has 9 heteroatoms. The molecule has 152 valence electrons. The smallest absolute Gasteiger partial charge is 0.318 e. The van der Waals surface area contributed by atoms with Gasteiger partial charge in [-0.1, -0.05) is 0 Å². The summed E-state index contributed by atoms with van der Waals surface area (Å²) in [5.74, 6) is 0.811. The highest BCUT2D eigenvalue weighted by Gasteiger charge is 2.15. The van der Waals surface area contributed by atoms with Gasteiger partial charge in [-0.3, -0.25) is 23.5 Å². The lowest BCUT2D eigenvalue weighted by molar-refractivity contribution is -0.121. The molecular weight excluding hydrogens is 376 g/mol. The Morgan fingerprint density at radius 3 is 2.55 bits per heavy atom. The Balaban J connectivity index is 1.87. The lowest BCUT2D eigenvalue weighted by Crippen LogP contribution is -2.44. The third kappa shape index (κ3) is 3.98. The lowest BCUT2D eigenvalue weighted by Gasteiger charge is -2.14. The van der Waals surface area contributed by atoms with Crippen molar-refractivity contribution in [3.63, 3.8) is 0 Å². The van der Waals surface area contributed by atoms with Gasteiger partial charge in [0.2, 0.25) is 5.91 Å². The SMILES string of the molecule is CCn1c(=O)c(=O)n(CC(=O)NCc2cc(OC)ccc2OC)c2cccnc21. The second-order valence-corrected chi connectivity index (χ2v) is 6.24. The third-order valence-electron chi connectivity index (χ3n) is 4.57. The Labute approximate surface area is 166 Å². The van der Waals surface area contributed by atoms with Crippen molar-refractivity contribution in [2.75, 3.05) is 14.2 Å². The van der Waals surface area contributed by atoms with E-state index in [1.54, 1.807) is 44.4 Å². The molecule has 0 spiro atoms. The first-order valence-corrected chi connectivity index (χ1v) is 9.06. The molecule has 0 aliphatic carbocycles. The highest BCUT2D eigenvalue weighted by molar-refractivity contribution is 5.78. The van der Waals surface area contributed by atoms with E-state index in [-0.39, 0.29) is 13.1 Å². The van der Waals surface area contributed by atoms with Crippen LogP contribution < -0.4 is 25.9 Å². The van der Waals surface area contributed by atoms with Gasteiger partial charge in [-0.05, 0) is 37.3 Å². The maximum Gasteiger partial charge on any atom is 0.318 e. The van der Waals surface area contributed by atoms with Crippen molar-refractivity contribution in [2.45, 2.75) is 26.6 Å². The van der Waals surface area contributed by atoms with Crippen LogP contribution in [0.2, 0.25) is 0 Å². The van der Waals surface area contributed by atoms with E-state index in [0.29, 0.717) is 29.2 Å². The molecule has 1 N–H and O–H groups in total. The Kier molecular flexibility index (Phi) is 5.96. The van der Waals surface area contributed by atoms with Crippen LogP contribution in [0.5, 0.6) is 11.5 Å². The van der Waals surface area contributed by atoms with Crippen LogP contribution in [0.1, 0.15) is 12.5 Å². The van der Waals surface area contributed by atoms with Gasteiger partial charge in [-0.15, -0.1) is 0 Å². The molecule has 3 aromatic rings. The maximum absolute atomic E-state index is 12.5. The first kappa shape index (κ1) is 20.1. The van der Waals surface area contributed by atoms with Gasteiger partial charge >= 0.3 is 11.1 Å². The van der Waals surface area contributed by atoms with Gasteiger partial charge in [0.25, 0.3) is 0 Å². The largest absolute Gasteiger partial charge is 0.497 e. The molecule has 0 bridgehead atoms. The van der Waals surface area contributed by atoms with Gasteiger partial charge in [-0.2, -0.15) is 0 Å². The molecular formula is C20H22N4O5. The van der Waals surface area contributed by atoms with E-state index in [9.17, 15) is 14.4 Å². The van der Waals surface area contributed by atoms with Crippen LogP contribution in [0.3, 0.4) is 0 Å². The summed E-state index contributed by atoms with van der Waals surface area (Å²) < 4.78 is 12.9. The highest BCUT2D eigenvalue weighted by Crippen LogP contribution is 2.23. The number of rotatable bonds is 7. The van der Waals surface area contributed by atoms with E-state index in [0.717, 1.165) is 10.1 Å². The number of methoxy groups -OCH3 is 2. The standard InChI is InChI=1S/C20H22N4O5/c1-4-23-18-15(6-5-9-21-18)24(20(27)19(23)26)12-17(25)22-11-13-10-14(28-2)7-8-16(13)29-3/h5-10H,4,11-12H2,1-3H3,(H,22,25). The summed E-state index contributed by atoms with van der Waals surface area (Å²) in [4.78, 5) is 41.6. The second kappa shape index (κ2) is 8.59. The average molecular weight is 398 g/mol. The van der Waals surface area contributed by atoms with Crippen LogP contribution >= 0.6 is 0 Å². The van der Waals surface area contributed by atoms with Crippen LogP contribution in [-0.2, 0) is 24.4 Å².